The van der Waals surface area contributed by atoms with Gasteiger partial charge in [0.1, 0.15) is 28.4 Å². The van der Waals surface area contributed by atoms with Gasteiger partial charge in [0.2, 0.25) is 11.8 Å². The highest BCUT2D eigenvalue weighted by Crippen LogP contribution is 2.59. The van der Waals surface area contributed by atoms with Gasteiger partial charge in [0, 0.05) is 36.5 Å². The number of aromatic nitrogens is 2. The summed E-state index contributed by atoms with van der Waals surface area (Å²) in [7, 11) is 0. The molecule has 2 amide bonds. The number of amides is 2. The molecule has 5 rings (SSSR count). The minimum Gasteiger partial charge on any atom is -0.351 e. The van der Waals surface area contributed by atoms with Crippen LogP contribution in [-0.2, 0) is 16.1 Å². The summed E-state index contributed by atoms with van der Waals surface area (Å²) < 4.78 is 0.800. The van der Waals surface area contributed by atoms with Gasteiger partial charge in [-0.05, 0) is 87.9 Å². The van der Waals surface area contributed by atoms with Crippen LogP contribution >= 0.6 is 23.2 Å². The Morgan fingerprint density at radius 3 is 2.51 bits per heavy atom. The van der Waals surface area contributed by atoms with Crippen molar-refractivity contribution in [3.8, 4) is 0 Å². The number of rotatable bonds is 8. The van der Waals surface area contributed by atoms with Crippen molar-refractivity contribution in [2.24, 2.45) is 21.3 Å². The summed E-state index contributed by atoms with van der Waals surface area (Å²) in [6.45, 7) is 14.5. The number of fused-ring (bicyclic) bond motifs is 2. The first-order chi connectivity index (χ1) is 19.2. The third-order valence-electron chi connectivity index (χ3n) is 8.86. The molecule has 41 heavy (non-hydrogen) atoms. The summed E-state index contributed by atoms with van der Waals surface area (Å²) in [6, 6.07) is 3.14. The highest BCUT2D eigenvalue weighted by atomic mass is 35.5. The summed E-state index contributed by atoms with van der Waals surface area (Å²) in [5.74, 6) is -0.0301. The van der Waals surface area contributed by atoms with E-state index < -0.39 is 10.4 Å². The first-order valence-corrected chi connectivity index (χ1v) is 14.6. The van der Waals surface area contributed by atoms with Crippen molar-refractivity contribution in [2.45, 2.75) is 89.8 Å². The van der Waals surface area contributed by atoms with Crippen LogP contribution in [0.5, 0.6) is 0 Å². The van der Waals surface area contributed by atoms with Crippen LogP contribution in [-0.4, -0.2) is 67.3 Å². The van der Waals surface area contributed by atoms with E-state index >= 15 is 0 Å². The third-order valence-corrected chi connectivity index (χ3v) is 9.73. The van der Waals surface area contributed by atoms with Crippen LogP contribution in [0.25, 0.3) is 16.5 Å². The molecule has 1 saturated heterocycles. The van der Waals surface area contributed by atoms with E-state index in [0.29, 0.717) is 35.3 Å². The Kier molecular flexibility index (Phi) is 7.43. The van der Waals surface area contributed by atoms with E-state index in [1.807, 2.05) is 32.9 Å². The van der Waals surface area contributed by atoms with Crippen LogP contribution in [0.15, 0.2) is 28.3 Å². The molecular weight excluding hydrogens is 563 g/mol. The molecule has 3 aliphatic rings. The molecule has 1 N–H and O–H groups in total. The fourth-order valence-electron chi connectivity index (χ4n) is 6.20. The highest BCUT2D eigenvalue weighted by Gasteiger charge is 2.64. The average molecular weight is 600 g/mol. The Bertz CT molecular complexity index is 1540. The topological polar surface area (TPSA) is 109 Å². The van der Waals surface area contributed by atoms with E-state index in [2.05, 4.69) is 34.0 Å². The van der Waals surface area contributed by atoms with Crippen molar-refractivity contribution in [3.05, 3.63) is 35.2 Å². The molecule has 1 unspecified atom stereocenters. The zero-order chi connectivity index (χ0) is 30.0. The van der Waals surface area contributed by atoms with Gasteiger partial charge in [0.05, 0.1) is 5.52 Å². The fourth-order valence-corrected chi connectivity index (χ4v) is 6.91. The Hall–Kier alpha value is -3.04. The lowest BCUT2D eigenvalue weighted by Crippen LogP contribution is -2.51. The molecule has 1 aromatic carbocycles. The minimum absolute atomic E-state index is 0.00535. The molecule has 2 aromatic rings. The van der Waals surface area contributed by atoms with E-state index in [9.17, 15) is 14.4 Å². The lowest BCUT2D eigenvalue weighted by Gasteiger charge is -2.28. The van der Waals surface area contributed by atoms with Crippen molar-refractivity contribution in [3.63, 3.8) is 0 Å². The number of hydrogen-bond donors (Lipinski definition) is 1. The van der Waals surface area contributed by atoms with Crippen LogP contribution in [0, 0.1) is 18.3 Å². The highest BCUT2D eigenvalue weighted by molar-refractivity contribution is 6.51. The number of ketones is 1. The Balaban J connectivity index is 1.42. The van der Waals surface area contributed by atoms with Gasteiger partial charge >= 0.3 is 0 Å². The first kappa shape index (κ1) is 29.5. The van der Waals surface area contributed by atoms with Crippen molar-refractivity contribution in [1.82, 2.24) is 20.0 Å². The predicted molar refractivity (Wildman–Crippen MR) is 163 cm³/mol. The van der Waals surface area contributed by atoms with Crippen LogP contribution < -0.4 is 5.32 Å². The van der Waals surface area contributed by atoms with Gasteiger partial charge in [-0.15, -0.1) is 23.2 Å². The van der Waals surface area contributed by atoms with Crippen LogP contribution in [0.1, 0.15) is 75.5 Å². The van der Waals surface area contributed by atoms with Gasteiger partial charge in [-0.3, -0.25) is 19.1 Å². The van der Waals surface area contributed by atoms with Gasteiger partial charge in [0.15, 0.2) is 5.78 Å². The van der Waals surface area contributed by atoms with Gasteiger partial charge in [-0.1, -0.05) is 6.92 Å². The summed E-state index contributed by atoms with van der Waals surface area (Å²) in [4.78, 5) is 49.7. The molecule has 2 aliphatic carbocycles. The number of aliphatic imine (C=N–C) groups is 2. The van der Waals surface area contributed by atoms with Gasteiger partial charge < -0.3 is 10.2 Å². The van der Waals surface area contributed by atoms with E-state index in [1.165, 1.54) is 6.92 Å². The molecule has 0 radical (unpaired) electrons. The molecular formula is C30H36Cl2N6O3. The number of likely N-dealkylation sites (tertiary alicyclic amines) is 1. The van der Waals surface area contributed by atoms with E-state index in [-0.39, 0.29) is 47.6 Å². The molecule has 0 spiro atoms. The van der Waals surface area contributed by atoms with Crippen molar-refractivity contribution in [2.75, 3.05) is 0 Å². The molecule has 11 heteroatoms. The molecule has 218 valence electrons. The van der Waals surface area contributed by atoms with Gasteiger partial charge in [-0.2, -0.15) is 5.10 Å². The molecule has 2 heterocycles. The maximum atomic E-state index is 13.9. The molecule has 1 aliphatic heterocycles. The van der Waals surface area contributed by atoms with Gasteiger partial charge in [0.25, 0.3) is 0 Å². The number of halogens is 2. The summed E-state index contributed by atoms with van der Waals surface area (Å²) in [5.41, 5.74) is 3.59. The maximum Gasteiger partial charge on any atom is 0.245 e. The van der Waals surface area contributed by atoms with E-state index in [1.54, 1.807) is 22.7 Å². The van der Waals surface area contributed by atoms with E-state index in [0.717, 1.165) is 23.1 Å². The zero-order valence-electron chi connectivity index (χ0n) is 24.3. The number of nitrogens with zero attached hydrogens (tertiary/aromatic N) is 5. The quantitative estimate of drug-likeness (QED) is 0.197. The Morgan fingerprint density at radius 2 is 1.90 bits per heavy atom. The second kappa shape index (κ2) is 10.3. The number of allylic oxidation sites excluding steroid dienone is 1. The van der Waals surface area contributed by atoms with Gasteiger partial charge in [-0.25, -0.2) is 9.98 Å². The van der Waals surface area contributed by atoms with Crippen molar-refractivity contribution in [1.29, 1.82) is 0 Å². The molecule has 1 aromatic heterocycles. The lowest BCUT2D eigenvalue weighted by atomic mass is 10.0. The molecule has 0 bridgehead atoms. The number of piperidine rings is 1. The number of hydrogen-bond acceptors (Lipinski definition) is 5. The number of carbonyl (C=O) groups excluding carboxylic acids is 3. The molecule has 5 atom stereocenters. The fraction of sp³-hybridized carbons (Fsp3) is 0.533. The van der Waals surface area contributed by atoms with Crippen molar-refractivity contribution >= 4 is 69.8 Å². The smallest absolute Gasteiger partial charge is 0.245 e. The Labute approximate surface area is 250 Å². The zero-order valence-corrected chi connectivity index (χ0v) is 25.8. The second-order valence-corrected chi connectivity index (χ2v) is 13.7. The van der Waals surface area contributed by atoms with Crippen LogP contribution in [0.4, 0.5) is 0 Å². The van der Waals surface area contributed by atoms with Crippen LogP contribution in [0.3, 0.4) is 0 Å². The normalized spacial score (nSPS) is 27.4. The van der Waals surface area contributed by atoms with Crippen molar-refractivity contribution < 1.29 is 14.4 Å². The minimum atomic E-state index is -0.803. The number of Topliss-reactive ketones (excluding diaryl/α,β-unsaturated/α-hetero) is 1. The number of alkyl halides is 2. The molecule has 2 saturated carbocycles. The standard InChI is InChI=1S/C30H36Cl2N6O3/c1-15-8-20(16(2)13-34-19(5)33-7)9-21-26(18(4)39)36-37(27(15)21)14-25(40)38-23(11-29(6)12-24(29)38)28(41)35-17(3)22-10-30(22,31)32/h8-9,13,17,22-24H,7,10-12,14H2,1-6H3,(H,35,41)/b16-13+,34-19?/t17-,22-,23+,24?,29+/m1/s1. The monoisotopic (exact) mass is 598 g/mol. The number of aryl methyl sites for hydroxylation is 1. The maximum absolute atomic E-state index is 13.9. The first-order valence-electron chi connectivity index (χ1n) is 13.9. The Morgan fingerprint density at radius 1 is 1.22 bits per heavy atom. The number of nitrogens with one attached hydrogen (secondary N) is 1. The molecule has 3 fully saturated rings. The number of benzene rings is 1. The van der Waals surface area contributed by atoms with Crippen LogP contribution in [0.2, 0.25) is 0 Å². The summed E-state index contributed by atoms with van der Waals surface area (Å²) >= 11 is 12.4. The number of amidine groups is 1. The summed E-state index contributed by atoms with van der Waals surface area (Å²) in [5, 5.41) is 8.31. The molecule has 9 nitrogen and oxygen atoms in total. The SMILES string of the molecule is C=NC(C)=N/C=C(\C)c1cc(C)c2c(c1)c(C(C)=O)nn2CC(=O)N1C2C[C@]2(C)C[C@H]1C(=O)N[C@H](C)[C@H]1CC1(Cl)Cl. The van der Waals surface area contributed by atoms with E-state index in [4.69, 9.17) is 23.2 Å². The third kappa shape index (κ3) is 5.46. The number of carbonyl (C=O) groups is 3. The second-order valence-electron chi connectivity index (χ2n) is 12.2. The average Bonchev–Trinajstić information content (AvgIpc) is 3.64. The lowest BCUT2D eigenvalue weighted by molar-refractivity contribution is -0.140. The summed E-state index contributed by atoms with van der Waals surface area (Å²) in [6.07, 6.45) is 3.81. The largest absolute Gasteiger partial charge is 0.351 e. The predicted octanol–water partition coefficient (Wildman–Crippen LogP) is 5.11.